The van der Waals surface area contributed by atoms with Crippen LogP contribution in [-0.4, -0.2) is 45.9 Å². The molecule has 152 valence electrons. The highest BCUT2D eigenvalue weighted by atomic mass is 16.6. The minimum absolute atomic E-state index is 0.413. The molecule has 2 aromatic rings. The van der Waals surface area contributed by atoms with E-state index < -0.39 is 18.5 Å². The van der Waals surface area contributed by atoms with Gasteiger partial charge in [-0.25, -0.2) is 4.79 Å². The molecule has 0 radical (unpaired) electrons. The summed E-state index contributed by atoms with van der Waals surface area (Å²) in [7, 11) is 3.07. The predicted octanol–water partition coefficient (Wildman–Crippen LogP) is 2.67. The van der Waals surface area contributed by atoms with Crippen molar-refractivity contribution in [3.05, 3.63) is 48.0 Å². The summed E-state index contributed by atoms with van der Waals surface area (Å²) in [6.07, 6.45) is 2.79. The minimum atomic E-state index is -0.642. The summed E-state index contributed by atoms with van der Waals surface area (Å²) < 4.78 is 26.2. The Labute approximate surface area is 168 Å². The Bertz CT molecular complexity index is 923. The van der Waals surface area contributed by atoms with E-state index in [2.05, 4.69) is 5.32 Å². The van der Waals surface area contributed by atoms with Gasteiger partial charge in [0.1, 0.15) is 13.2 Å². The molecule has 0 saturated carbocycles. The summed E-state index contributed by atoms with van der Waals surface area (Å²) in [4.78, 5) is 23.9. The third kappa shape index (κ3) is 5.41. The first kappa shape index (κ1) is 20.1. The molecule has 29 heavy (non-hydrogen) atoms. The van der Waals surface area contributed by atoms with Crippen LogP contribution in [0, 0.1) is 0 Å². The zero-order valence-electron chi connectivity index (χ0n) is 16.1. The first-order valence-corrected chi connectivity index (χ1v) is 8.85. The van der Waals surface area contributed by atoms with Crippen LogP contribution in [0.25, 0.3) is 6.08 Å². The number of hydrogen-bond donors (Lipinski definition) is 1. The van der Waals surface area contributed by atoms with Gasteiger partial charge in [-0.15, -0.1) is 0 Å². The van der Waals surface area contributed by atoms with Gasteiger partial charge in [-0.1, -0.05) is 6.07 Å². The van der Waals surface area contributed by atoms with Crippen molar-refractivity contribution in [3.63, 3.8) is 0 Å². The standard InChI is InChI=1S/C21H21NO7/c1-25-16-6-3-14(11-18(16)26-2)4-8-21(24)29-13-20(23)22-15-5-7-17-19(12-15)28-10-9-27-17/h3-8,11-12H,9-10,13H2,1-2H3,(H,22,23). The molecule has 1 aliphatic rings. The molecular formula is C21H21NO7. The summed E-state index contributed by atoms with van der Waals surface area (Å²) in [5.41, 5.74) is 1.25. The van der Waals surface area contributed by atoms with Crippen LogP contribution in [-0.2, 0) is 14.3 Å². The molecular weight excluding hydrogens is 378 g/mol. The van der Waals surface area contributed by atoms with Gasteiger partial charge < -0.3 is 29.0 Å². The SMILES string of the molecule is COc1ccc(C=CC(=O)OCC(=O)Nc2ccc3c(c2)OCCO3)cc1OC. The van der Waals surface area contributed by atoms with Gasteiger partial charge in [0, 0.05) is 17.8 Å². The maximum atomic E-state index is 12.0. The van der Waals surface area contributed by atoms with E-state index in [0.717, 1.165) is 5.56 Å². The highest BCUT2D eigenvalue weighted by molar-refractivity contribution is 5.94. The molecule has 0 aromatic heterocycles. The number of ether oxygens (including phenoxy) is 5. The number of carbonyl (C=O) groups is 2. The number of nitrogens with one attached hydrogen (secondary N) is 1. The number of carbonyl (C=O) groups excluding carboxylic acids is 2. The third-order valence-electron chi connectivity index (χ3n) is 3.99. The quantitative estimate of drug-likeness (QED) is 0.565. The van der Waals surface area contributed by atoms with Crippen molar-refractivity contribution in [2.75, 3.05) is 39.4 Å². The van der Waals surface area contributed by atoms with E-state index in [1.54, 1.807) is 49.6 Å². The average Bonchev–Trinajstić information content (AvgIpc) is 2.75. The molecule has 2 aromatic carbocycles. The van der Waals surface area contributed by atoms with E-state index in [0.29, 0.717) is 41.9 Å². The zero-order valence-corrected chi connectivity index (χ0v) is 16.1. The Morgan fingerprint density at radius 1 is 1.00 bits per heavy atom. The Hall–Kier alpha value is -3.68. The van der Waals surface area contributed by atoms with Crippen LogP contribution in [0.15, 0.2) is 42.5 Å². The molecule has 1 amide bonds. The van der Waals surface area contributed by atoms with E-state index in [-0.39, 0.29) is 0 Å². The topological polar surface area (TPSA) is 92.3 Å². The second-order valence-electron chi connectivity index (χ2n) is 5.96. The lowest BCUT2D eigenvalue weighted by Gasteiger charge is -2.18. The smallest absolute Gasteiger partial charge is 0.331 e. The summed E-state index contributed by atoms with van der Waals surface area (Å²) in [6.45, 7) is 0.531. The lowest BCUT2D eigenvalue weighted by atomic mass is 10.2. The van der Waals surface area contributed by atoms with E-state index in [9.17, 15) is 9.59 Å². The molecule has 0 aliphatic carbocycles. The number of fused-ring (bicyclic) bond motifs is 1. The molecule has 0 bridgehead atoms. The second kappa shape index (κ2) is 9.50. The van der Waals surface area contributed by atoms with Gasteiger partial charge >= 0.3 is 5.97 Å². The Morgan fingerprint density at radius 2 is 1.76 bits per heavy atom. The van der Waals surface area contributed by atoms with E-state index in [4.69, 9.17) is 23.7 Å². The number of anilines is 1. The first-order valence-electron chi connectivity index (χ1n) is 8.85. The normalized spacial score (nSPS) is 12.3. The molecule has 3 rings (SSSR count). The second-order valence-corrected chi connectivity index (χ2v) is 5.96. The van der Waals surface area contributed by atoms with Gasteiger partial charge in [0.15, 0.2) is 29.6 Å². The molecule has 0 fully saturated rings. The molecule has 0 spiro atoms. The van der Waals surface area contributed by atoms with Crippen LogP contribution >= 0.6 is 0 Å². The number of rotatable bonds is 7. The molecule has 0 saturated heterocycles. The first-order chi connectivity index (χ1) is 14.1. The number of amides is 1. The van der Waals surface area contributed by atoms with Crippen molar-refractivity contribution in [1.82, 2.24) is 0 Å². The molecule has 1 aliphatic heterocycles. The van der Waals surface area contributed by atoms with Gasteiger partial charge in [0.2, 0.25) is 0 Å². The van der Waals surface area contributed by atoms with Crippen LogP contribution in [0.4, 0.5) is 5.69 Å². The summed E-state index contributed by atoms with van der Waals surface area (Å²) in [6, 6.07) is 10.3. The van der Waals surface area contributed by atoms with E-state index in [1.807, 2.05) is 0 Å². The minimum Gasteiger partial charge on any atom is -0.493 e. The highest BCUT2D eigenvalue weighted by Gasteiger charge is 2.13. The zero-order chi connectivity index (χ0) is 20.6. The van der Waals surface area contributed by atoms with Gasteiger partial charge in [0.25, 0.3) is 5.91 Å². The highest BCUT2D eigenvalue weighted by Crippen LogP contribution is 2.32. The van der Waals surface area contributed by atoms with Crippen molar-refractivity contribution in [2.45, 2.75) is 0 Å². The number of benzene rings is 2. The van der Waals surface area contributed by atoms with Gasteiger partial charge in [0.05, 0.1) is 14.2 Å². The maximum Gasteiger partial charge on any atom is 0.331 e. The van der Waals surface area contributed by atoms with E-state index >= 15 is 0 Å². The van der Waals surface area contributed by atoms with Crippen molar-refractivity contribution >= 4 is 23.6 Å². The van der Waals surface area contributed by atoms with Crippen molar-refractivity contribution in [2.24, 2.45) is 0 Å². The van der Waals surface area contributed by atoms with Crippen molar-refractivity contribution in [1.29, 1.82) is 0 Å². The third-order valence-corrected chi connectivity index (χ3v) is 3.99. The van der Waals surface area contributed by atoms with Gasteiger partial charge in [-0.3, -0.25) is 4.79 Å². The molecule has 1 heterocycles. The van der Waals surface area contributed by atoms with Gasteiger partial charge in [-0.2, -0.15) is 0 Å². The monoisotopic (exact) mass is 399 g/mol. The predicted molar refractivity (Wildman–Crippen MR) is 106 cm³/mol. The molecule has 0 atom stereocenters. The summed E-state index contributed by atoms with van der Waals surface area (Å²) in [5.74, 6) is 1.21. The van der Waals surface area contributed by atoms with Crippen LogP contribution < -0.4 is 24.3 Å². The number of esters is 1. The largest absolute Gasteiger partial charge is 0.493 e. The van der Waals surface area contributed by atoms with Crippen LogP contribution in [0.3, 0.4) is 0 Å². The fourth-order valence-electron chi connectivity index (χ4n) is 2.62. The van der Waals surface area contributed by atoms with Crippen molar-refractivity contribution in [3.8, 4) is 23.0 Å². The Morgan fingerprint density at radius 3 is 2.52 bits per heavy atom. The Balaban J connectivity index is 1.50. The summed E-state index contributed by atoms with van der Waals surface area (Å²) in [5, 5.41) is 2.64. The van der Waals surface area contributed by atoms with Crippen molar-refractivity contribution < 1.29 is 33.3 Å². The average molecular weight is 399 g/mol. The van der Waals surface area contributed by atoms with E-state index in [1.165, 1.54) is 13.2 Å². The van der Waals surface area contributed by atoms with Gasteiger partial charge in [-0.05, 0) is 35.9 Å². The number of methoxy groups -OCH3 is 2. The van der Waals surface area contributed by atoms with Crippen LogP contribution in [0.2, 0.25) is 0 Å². The molecule has 0 unspecified atom stereocenters. The van der Waals surface area contributed by atoms with Crippen LogP contribution in [0.5, 0.6) is 23.0 Å². The Kier molecular flexibility index (Phi) is 6.57. The summed E-state index contributed by atoms with van der Waals surface area (Å²) >= 11 is 0. The van der Waals surface area contributed by atoms with Crippen LogP contribution in [0.1, 0.15) is 5.56 Å². The fraction of sp³-hybridized carbons (Fsp3) is 0.238. The molecule has 1 N–H and O–H groups in total. The number of hydrogen-bond acceptors (Lipinski definition) is 7. The lowest BCUT2D eigenvalue weighted by Crippen LogP contribution is -2.20. The molecule has 8 nitrogen and oxygen atoms in total. The lowest BCUT2D eigenvalue weighted by molar-refractivity contribution is -0.142. The fourth-order valence-corrected chi connectivity index (χ4v) is 2.62. The molecule has 8 heteroatoms. The maximum absolute atomic E-state index is 12.0.